The zero-order valence-corrected chi connectivity index (χ0v) is 13.4. The lowest BCUT2D eigenvalue weighted by Crippen LogP contribution is -2.50. The summed E-state index contributed by atoms with van der Waals surface area (Å²) in [5, 5.41) is 0.123. The number of aryl methyl sites for hydroxylation is 1. The third-order valence-corrected chi connectivity index (χ3v) is 5.29. The molecule has 0 aliphatic carbocycles. The van der Waals surface area contributed by atoms with Crippen molar-refractivity contribution in [2.45, 2.75) is 11.9 Å². The summed E-state index contributed by atoms with van der Waals surface area (Å²) in [6.45, 7) is 3.88. The summed E-state index contributed by atoms with van der Waals surface area (Å²) in [6, 6.07) is 0. The Morgan fingerprint density at radius 3 is 2.43 bits per heavy atom. The molecule has 118 valence electrons. The van der Waals surface area contributed by atoms with E-state index < -0.39 is 10.0 Å². The molecule has 0 bridgehead atoms. The maximum atomic E-state index is 12.4. The molecule has 2 rings (SSSR count). The summed E-state index contributed by atoms with van der Waals surface area (Å²) in [6.07, 6.45) is 1.34. The normalized spacial score (nSPS) is 17.9. The lowest BCUT2D eigenvalue weighted by Gasteiger charge is -2.33. The van der Waals surface area contributed by atoms with Crippen molar-refractivity contribution in [2.75, 3.05) is 46.8 Å². The molecule has 0 spiro atoms. The minimum Gasteiger partial charge on any atom is -0.348 e. The Bertz CT molecular complexity index is 602. The maximum absolute atomic E-state index is 12.4. The SMILES string of the molecule is Cc1ncc(S(=O)(=O)N2CCN(CC(=O)N(C)C)CC2)[nH]1. The Balaban J connectivity index is 1.96. The van der Waals surface area contributed by atoms with Crippen LogP contribution in [-0.2, 0) is 14.8 Å². The first kappa shape index (κ1) is 15.9. The van der Waals surface area contributed by atoms with Crippen LogP contribution in [0.1, 0.15) is 5.82 Å². The molecule has 8 nitrogen and oxygen atoms in total. The molecule has 0 radical (unpaired) electrons. The third-order valence-electron chi connectivity index (χ3n) is 3.49. The van der Waals surface area contributed by atoms with E-state index in [9.17, 15) is 13.2 Å². The zero-order chi connectivity index (χ0) is 15.6. The molecule has 1 aliphatic rings. The first-order valence-corrected chi connectivity index (χ1v) is 8.19. The van der Waals surface area contributed by atoms with Crippen molar-refractivity contribution < 1.29 is 13.2 Å². The van der Waals surface area contributed by atoms with Gasteiger partial charge in [0.05, 0.1) is 12.7 Å². The second-order valence-corrected chi connectivity index (χ2v) is 7.21. The van der Waals surface area contributed by atoms with Gasteiger partial charge in [0.15, 0.2) is 5.03 Å². The van der Waals surface area contributed by atoms with Crippen molar-refractivity contribution in [1.82, 2.24) is 24.1 Å². The van der Waals surface area contributed by atoms with Crippen molar-refractivity contribution in [3.8, 4) is 0 Å². The summed E-state index contributed by atoms with van der Waals surface area (Å²) < 4.78 is 26.2. The van der Waals surface area contributed by atoms with Crippen LogP contribution in [0.3, 0.4) is 0 Å². The molecule has 0 aromatic carbocycles. The van der Waals surface area contributed by atoms with Crippen molar-refractivity contribution in [2.24, 2.45) is 0 Å². The molecule has 21 heavy (non-hydrogen) atoms. The average molecular weight is 315 g/mol. The maximum Gasteiger partial charge on any atom is 0.260 e. The Hall–Kier alpha value is -1.45. The van der Waals surface area contributed by atoms with E-state index in [1.54, 1.807) is 21.0 Å². The Morgan fingerprint density at radius 2 is 1.95 bits per heavy atom. The number of nitrogens with one attached hydrogen (secondary N) is 1. The monoisotopic (exact) mass is 315 g/mol. The number of nitrogens with zero attached hydrogens (tertiary/aromatic N) is 4. The van der Waals surface area contributed by atoms with E-state index in [0.29, 0.717) is 38.5 Å². The van der Waals surface area contributed by atoms with Gasteiger partial charge < -0.3 is 9.88 Å². The molecule has 0 saturated carbocycles. The van der Waals surface area contributed by atoms with Gasteiger partial charge in [0, 0.05) is 40.3 Å². The fraction of sp³-hybridized carbons (Fsp3) is 0.667. The number of carbonyl (C=O) groups is 1. The largest absolute Gasteiger partial charge is 0.348 e. The van der Waals surface area contributed by atoms with E-state index in [-0.39, 0.29) is 10.9 Å². The minimum absolute atomic E-state index is 0.0236. The summed E-state index contributed by atoms with van der Waals surface area (Å²) in [5.74, 6) is 0.597. The van der Waals surface area contributed by atoms with E-state index in [1.165, 1.54) is 15.4 Å². The number of rotatable bonds is 4. The molecule has 1 aromatic heterocycles. The number of imidazole rings is 1. The highest BCUT2D eigenvalue weighted by molar-refractivity contribution is 7.89. The minimum atomic E-state index is -3.52. The van der Waals surface area contributed by atoms with Crippen molar-refractivity contribution in [1.29, 1.82) is 0 Å². The number of aromatic nitrogens is 2. The predicted molar refractivity (Wildman–Crippen MR) is 77.2 cm³/mol. The standard InChI is InChI=1S/C12H21N5O3S/c1-10-13-8-11(14-10)21(19,20)17-6-4-16(5-7-17)9-12(18)15(2)3/h8H,4-7,9H2,1-3H3,(H,13,14). The molecule has 1 N–H and O–H groups in total. The zero-order valence-electron chi connectivity index (χ0n) is 12.5. The van der Waals surface area contributed by atoms with Crippen LogP contribution in [0.5, 0.6) is 0 Å². The summed E-state index contributed by atoms with van der Waals surface area (Å²) in [5.41, 5.74) is 0. The highest BCUT2D eigenvalue weighted by Gasteiger charge is 2.30. The van der Waals surface area contributed by atoms with Crippen molar-refractivity contribution >= 4 is 15.9 Å². The summed E-state index contributed by atoms with van der Waals surface area (Å²) in [4.78, 5) is 21.8. The van der Waals surface area contributed by atoms with E-state index in [4.69, 9.17) is 0 Å². The predicted octanol–water partition coefficient (Wildman–Crippen LogP) is -0.887. The van der Waals surface area contributed by atoms with Crippen LogP contribution in [0, 0.1) is 6.92 Å². The van der Waals surface area contributed by atoms with Crippen LogP contribution in [0.25, 0.3) is 0 Å². The second-order valence-electron chi connectivity index (χ2n) is 5.30. The quantitative estimate of drug-likeness (QED) is 0.779. The fourth-order valence-electron chi connectivity index (χ4n) is 2.13. The van der Waals surface area contributed by atoms with Gasteiger partial charge in [0.2, 0.25) is 5.91 Å². The average Bonchev–Trinajstić information content (AvgIpc) is 2.86. The molecule has 1 amide bonds. The van der Waals surface area contributed by atoms with Gasteiger partial charge in [-0.2, -0.15) is 4.31 Å². The Labute approximate surface area is 124 Å². The molecule has 1 fully saturated rings. The number of likely N-dealkylation sites (N-methyl/N-ethyl adjacent to an activating group) is 1. The van der Waals surface area contributed by atoms with E-state index in [0.717, 1.165) is 0 Å². The number of hydrogen-bond donors (Lipinski definition) is 1. The van der Waals surface area contributed by atoms with Gasteiger partial charge in [-0.1, -0.05) is 0 Å². The molecule has 9 heteroatoms. The highest BCUT2D eigenvalue weighted by Crippen LogP contribution is 2.15. The first-order valence-electron chi connectivity index (χ1n) is 6.75. The number of aromatic amines is 1. The van der Waals surface area contributed by atoms with Crippen molar-refractivity contribution in [3.63, 3.8) is 0 Å². The molecule has 1 aliphatic heterocycles. The van der Waals surface area contributed by atoms with Crippen LogP contribution in [0.2, 0.25) is 0 Å². The molecule has 0 unspecified atom stereocenters. The number of amides is 1. The van der Waals surface area contributed by atoms with Crippen LogP contribution >= 0.6 is 0 Å². The topological polar surface area (TPSA) is 89.6 Å². The number of carbonyl (C=O) groups excluding carboxylic acids is 1. The molecule has 1 saturated heterocycles. The van der Waals surface area contributed by atoms with Gasteiger partial charge in [-0.15, -0.1) is 0 Å². The van der Waals surface area contributed by atoms with Crippen molar-refractivity contribution in [3.05, 3.63) is 12.0 Å². The molecular weight excluding hydrogens is 294 g/mol. The smallest absolute Gasteiger partial charge is 0.260 e. The molecule has 1 aromatic rings. The summed E-state index contributed by atoms with van der Waals surface area (Å²) in [7, 11) is -0.0923. The Kier molecular flexibility index (Phi) is 4.64. The lowest BCUT2D eigenvalue weighted by molar-refractivity contribution is -0.130. The van der Waals surface area contributed by atoms with Crippen LogP contribution < -0.4 is 0 Å². The van der Waals surface area contributed by atoms with Gasteiger partial charge in [-0.05, 0) is 6.92 Å². The van der Waals surface area contributed by atoms with E-state index in [1.807, 2.05) is 4.90 Å². The first-order chi connectivity index (χ1) is 9.80. The van der Waals surface area contributed by atoms with Crippen LogP contribution in [0.15, 0.2) is 11.2 Å². The molecular formula is C12H21N5O3S. The highest BCUT2D eigenvalue weighted by atomic mass is 32.2. The molecule has 0 atom stereocenters. The van der Waals surface area contributed by atoms with E-state index in [2.05, 4.69) is 9.97 Å². The number of piperazine rings is 1. The van der Waals surface area contributed by atoms with Gasteiger partial charge in [-0.25, -0.2) is 13.4 Å². The number of sulfonamides is 1. The second kappa shape index (κ2) is 6.12. The fourth-order valence-corrected chi connectivity index (χ4v) is 3.51. The number of hydrogen-bond acceptors (Lipinski definition) is 5. The van der Waals surface area contributed by atoms with Crippen LogP contribution in [-0.4, -0.2) is 85.2 Å². The van der Waals surface area contributed by atoms with Gasteiger partial charge in [-0.3, -0.25) is 9.69 Å². The van der Waals surface area contributed by atoms with Crippen LogP contribution in [0.4, 0.5) is 0 Å². The molecule has 2 heterocycles. The third kappa shape index (κ3) is 3.60. The Morgan fingerprint density at radius 1 is 1.33 bits per heavy atom. The summed E-state index contributed by atoms with van der Waals surface area (Å²) >= 11 is 0. The van der Waals surface area contributed by atoms with E-state index >= 15 is 0 Å². The van der Waals surface area contributed by atoms with Gasteiger partial charge in [0.1, 0.15) is 5.82 Å². The van der Waals surface area contributed by atoms with Gasteiger partial charge in [0.25, 0.3) is 10.0 Å². The lowest BCUT2D eigenvalue weighted by atomic mass is 10.3. The number of H-pyrrole nitrogens is 1. The van der Waals surface area contributed by atoms with Gasteiger partial charge >= 0.3 is 0 Å².